The highest BCUT2D eigenvalue weighted by atomic mass is 15.2. The van der Waals surface area contributed by atoms with E-state index in [9.17, 15) is 0 Å². The summed E-state index contributed by atoms with van der Waals surface area (Å²) in [5, 5.41) is 8.25. The van der Waals surface area contributed by atoms with Crippen molar-refractivity contribution in [2.75, 3.05) is 5.32 Å². The van der Waals surface area contributed by atoms with Gasteiger partial charge in [0.25, 0.3) is 0 Å². The van der Waals surface area contributed by atoms with Crippen LogP contribution in [-0.4, -0.2) is 20.1 Å². The van der Waals surface area contributed by atoms with Crippen molar-refractivity contribution in [3.05, 3.63) is 24.2 Å². The average molecular weight is 274 g/mol. The Morgan fingerprint density at radius 3 is 2.35 bits per heavy atom. The molecule has 2 heterocycles. The predicted octanol–water partition coefficient (Wildman–Crippen LogP) is 4.02. The second kappa shape index (κ2) is 5.08. The molecule has 0 radical (unpaired) electrons. The Morgan fingerprint density at radius 2 is 1.80 bits per heavy atom. The van der Waals surface area contributed by atoms with Gasteiger partial charge in [0, 0.05) is 23.3 Å². The van der Waals surface area contributed by atoms with E-state index in [1.807, 2.05) is 10.7 Å². The van der Waals surface area contributed by atoms with Gasteiger partial charge >= 0.3 is 0 Å². The highest BCUT2D eigenvalue weighted by molar-refractivity contribution is 5.68. The van der Waals surface area contributed by atoms with E-state index < -0.39 is 0 Å². The standard InChI is InChI=1S/C16H26N4/c1-7-16(6,8-2)18-14-12-11-13(15(3,4)5)19-20(12)10-9-17-14/h9-11H,7-8H2,1-6H3,(H,17,18). The third kappa shape index (κ3) is 2.79. The first-order valence-corrected chi connectivity index (χ1v) is 7.42. The maximum atomic E-state index is 4.66. The maximum absolute atomic E-state index is 4.66. The van der Waals surface area contributed by atoms with Gasteiger partial charge in [-0.1, -0.05) is 34.6 Å². The molecular weight excluding hydrogens is 248 g/mol. The lowest BCUT2D eigenvalue weighted by Crippen LogP contribution is -2.33. The summed E-state index contributed by atoms with van der Waals surface area (Å²) < 4.78 is 1.92. The van der Waals surface area contributed by atoms with Gasteiger partial charge in [0.2, 0.25) is 0 Å². The molecule has 2 aromatic rings. The van der Waals surface area contributed by atoms with Crippen LogP contribution in [0.3, 0.4) is 0 Å². The van der Waals surface area contributed by atoms with E-state index in [4.69, 9.17) is 0 Å². The van der Waals surface area contributed by atoms with Crippen molar-refractivity contribution < 1.29 is 0 Å². The van der Waals surface area contributed by atoms with Gasteiger partial charge in [-0.2, -0.15) is 5.10 Å². The third-order valence-corrected chi connectivity index (χ3v) is 4.14. The minimum atomic E-state index is 0.0438. The van der Waals surface area contributed by atoms with E-state index in [0.717, 1.165) is 29.9 Å². The Labute approximate surface area is 121 Å². The maximum Gasteiger partial charge on any atom is 0.152 e. The number of nitrogens with one attached hydrogen (secondary N) is 1. The van der Waals surface area contributed by atoms with Gasteiger partial charge in [0.1, 0.15) is 5.52 Å². The van der Waals surface area contributed by atoms with Gasteiger partial charge in [0.15, 0.2) is 5.82 Å². The Bertz CT molecular complexity index is 588. The molecule has 0 atom stereocenters. The molecule has 4 heteroatoms. The first-order valence-electron chi connectivity index (χ1n) is 7.42. The zero-order chi connectivity index (χ0) is 15.0. The van der Waals surface area contributed by atoms with Crippen LogP contribution in [0.1, 0.15) is 60.1 Å². The highest BCUT2D eigenvalue weighted by Gasteiger charge is 2.23. The summed E-state index contributed by atoms with van der Waals surface area (Å²) >= 11 is 0. The predicted molar refractivity (Wildman–Crippen MR) is 84.3 cm³/mol. The fourth-order valence-corrected chi connectivity index (χ4v) is 2.10. The van der Waals surface area contributed by atoms with E-state index in [0.29, 0.717) is 0 Å². The lowest BCUT2D eigenvalue weighted by Gasteiger charge is -2.29. The first kappa shape index (κ1) is 14.8. The second-order valence-corrected chi connectivity index (χ2v) is 6.78. The second-order valence-electron chi connectivity index (χ2n) is 6.78. The van der Waals surface area contributed by atoms with Crippen molar-refractivity contribution in [2.45, 2.75) is 65.3 Å². The van der Waals surface area contributed by atoms with Crippen molar-refractivity contribution in [3.8, 4) is 0 Å². The normalized spacial score (nSPS) is 12.9. The van der Waals surface area contributed by atoms with Crippen LogP contribution in [0.15, 0.2) is 18.5 Å². The van der Waals surface area contributed by atoms with E-state index in [1.165, 1.54) is 0 Å². The van der Waals surface area contributed by atoms with Gasteiger partial charge in [-0.25, -0.2) is 9.50 Å². The van der Waals surface area contributed by atoms with E-state index in [-0.39, 0.29) is 11.0 Å². The minimum Gasteiger partial charge on any atom is -0.363 e. The van der Waals surface area contributed by atoms with E-state index in [2.05, 4.69) is 63.0 Å². The Balaban J connectivity index is 2.47. The molecule has 0 unspecified atom stereocenters. The molecule has 0 bridgehead atoms. The van der Waals surface area contributed by atoms with Crippen molar-refractivity contribution in [3.63, 3.8) is 0 Å². The van der Waals surface area contributed by atoms with Crippen molar-refractivity contribution in [1.29, 1.82) is 0 Å². The van der Waals surface area contributed by atoms with Crippen molar-refractivity contribution >= 4 is 11.3 Å². The molecule has 0 amide bonds. The number of anilines is 1. The van der Waals surface area contributed by atoms with Gasteiger partial charge < -0.3 is 5.32 Å². The molecule has 0 fully saturated rings. The summed E-state index contributed by atoms with van der Waals surface area (Å²) in [6, 6.07) is 2.14. The zero-order valence-electron chi connectivity index (χ0n) is 13.5. The lowest BCUT2D eigenvalue weighted by atomic mass is 9.92. The number of fused-ring (bicyclic) bond motifs is 1. The Morgan fingerprint density at radius 1 is 1.15 bits per heavy atom. The van der Waals surface area contributed by atoms with Gasteiger partial charge in [-0.15, -0.1) is 0 Å². The number of hydrogen-bond acceptors (Lipinski definition) is 3. The molecule has 0 saturated heterocycles. The molecule has 4 nitrogen and oxygen atoms in total. The molecule has 0 spiro atoms. The fourth-order valence-electron chi connectivity index (χ4n) is 2.10. The topological polar surface area (TPSA) is 42.2 Å². The fraction of sp³-hybridized carbons (Fsp3) is 0.625. The molecule has 2 rings (SSSR count). The summed E-state index contributed by atoms with van der Waals surface area (Å²) in [5.74, 6) is 0.918. The van der Waals surface area contributed by atoms with Crippen LogP contribution in [0, 0.1) is 0 Å². The molecule has 20 heavy (non-hydrogen) atoms. The monoisotopic (exact) mass is 274 g/mol. The summed E-state index contributed by atoms with van der Waals surface area (Å²) in [6.07, 6.45) is 5.84. The van der Waals surface area contributed by atoms with Crippen LogP contribution in [0.5, 0.6) is 0 Å². The average Bonchev–Trinajstić information content (AvgIpc) is 2.83. The van der Waals surface area contributed by atoms with Crippen LogP contribution in [0.2, 0.25) is 0 Å². The van der Waals surface area contributed by atoms with Crippen molar-refractivity contribution in [2.24, 2.45) is 0 Å². The number of rotatable bonds is 4. The molecular formula is C16H26N4. The van der Waals surface area contributed by atoms with Crippen LogP contribution in [0.25, 0.3) is 5.52 Å². The molecule has 0 aliphatic rings. The molecule has 2 aromatic heterocycles. The molecule has 0 saturated carbocycles. The lowest BCUT2D eigenvalue weighted by molar-refractivity contribution is 0.477. The van der Waals surface area contributed by atoms with E-state index >= 15 is 0 Å². The summed E-state index contributed by atoms with van der Waals surface area (Å²) in [5.41, 5.74) is 2.25. The van der Waals surface area contributed by atoms with E-state index in [1.54, 1.807) is 6.20 Å². The number of nitrogens with zero attached hydrogens (tertiary/aromatic N) is 3. The highest BCUT2D eigenvalue weighted by Crippen LogP contribution is 2.27. The zero-order valence-corrected chi connectivity index (χ0v) is 13.5. The molecule has 0 aromatic carbocycles. The molecule has 0 aliphatic carbocycles. The molecule has 1 N–H and O–H groups in total. The third-order valence-electron chi connectivity index (χ3n) is 4.14. The Hall–Kier alpha value is -1.58. The SMILES string of the molecule is CCC(C)(CC)Nc1nccn2nc(C(C)(C)C)cc12. The quantitative estimate of drug-likeness (QED) is 0.915. The first-order chi connectivity index (χ1) is 9.29. The van der Waals surface area contributed by atoms with Gasteiger partial charge in [0.05, 0.1) is 5.69 Å². The smallest absolute Gasteiger partial charge is 0.152 e. The number of hydrogen-bond donors (Lipinski definition) is 1. The van der Waals surface area contributed by atoms with Gasteiger partial charge in [-0.05, 0) is 25.8 Å². The van der Waals surface area contributed by atoms with Crippen LogP contribution in [-0.2, 0) is 5.41 Å². The largest absolute Gasteiger partial charge is 0.363 e. The summed E-state index contributed by atoms with van der Waals surface area (Å²) in [6.45, 7) is 13.2. The molecule has 0 aliphatic heterocycles. The summed E-state index contributed by atoms with van der Waals surface area (Å²) in [4.78, 5) is 4.51. The van der Waals surface area contributed by atoms with Crippen molar-refractivity contribution in [1.82, 2.24) is 14.6 Å². The van der Waals surface area contributed by atoms with Crippen LogP contribution >= 0.6 is 0 Å². The minimum absolute atomic E-state index is 0.0438. The van der Waals surface area contributed by atoms with Crippen LogP contribution < -0.4 is 5.32 Å². The Kier molecular flexibility index (Phi) is 3.76. The van der Waals surface area contributed by atoms with Gasteiger partial charge in [-0.3, -0.25) is 0 Å². The summed E-state index contributed by atoms with van der Waals surface area (Å²) in [7, 11) is 0. The molecule has 110 valence electrons. The van der Waals surface area contributed by atoms with Crippen LogP contribution in [0.4, 0.5) is 5.82 Å². The number of aromatic nitrogens is 3.